The van der Waals surface area contributed by atoms with Crippen molar-refractivity contribution in [2.45, 2.75) is 33.1 Å². The molecule has 1 aromatic carbocycles. The van der Waals surface area contributed by atoms with Crippen molar-refractivity contribution in [2.24, 2.45) is 5.92 Å². The third kappa shape index (κ3) is 7.68. The predicted molar refractivity (Wildman–Crippen MR) is 82.8 cm³/mol. The molecule has 2 nitrogen and oxygen atoms in total. The van der Waals surface area contributed by atoms with Crippen LogP contribution < -0.4 is 10.1 Å². The molecule has 0 fully saturated rings. The number of methoxy groups -OCH3 is 1. The lowest BCUT2D eigenvalue weighted by atomic mass is 10.1. The van der Waals surface area contributed by atoms with E-state index in [9.17, 15) is 0 Å². The lowest BCUT2D eigenvalue weighted by molar-refractivity contribution is 0.414. The second kappa shape index (κ2) is 9.62. The van der Waals surface area contributed by atoms with Crippen LogP contribution in [-0.2, 0) is 6.42 Å². The van der Waals surface area contributed by atoms with Gasteiger partial charge < -0.3 is 10.1 Å². The topological polar surface area (TPSA) is 21.3 Å². The predicted octanol–water partition coefficient (Wildman–Crippen LogP) is 3.82. The van der Waals surface area contributed by atoms with Gasteiger partial charge in [-0.1, -0.05) is 38.1 Å². The van der Waals surface area contributed by atoms with E-state index in [0.29, 0.717) is 0 Å². The molecule has 0 heterocycles. The van der Waals surface area contributed by atoms with Gasteiger partial charge >= 0.3 is 0 Å². The fourth-order valence-electron chi connectivity index (χ4n) is 1.85. The van der Waals surface area contributed by atoms with Gasteiger partial charge in [-0.15, -0.1) is 0 Å². The summed E-state index contributed by atoms with van der Waals surface area (Å²) >= 11 is 0. The highest BCUT2D eigenvalue weighted by Crippen LogP contribution is 2.12. The van der Waals surface area contributed by atoms with Crippen LogP contribution in [-0.4, -0.2) is 20.2 Å². The monoisotopic (exact) mass is 261 g/mol. The minimum absolute atomic E-state index is 0.735. The summed E-state index contributed by atoms with van der Waals surface area (Å²) in [6, 6.07) is 8.32. The van der Waals surface area contributed by atoms with Crippen LogP contribution in [0.4, 0.5) is 0 Å². The largest absolute Gasteiger partial charge is 0.497 e. The zero-order valence-electron chi connectivity index (χ0n) is 12.5. The van der Waals surface area contributed by atoms with Gasteiger partial charge in [-0.05, 0) is 56.0 Å². The summed E-state index contributed by atoms with van der Waals surface area (Å²) in [6.07, 6.45) is 7.88. The standard InChI is InChI=1S/C17H27NO/c1-15(2)14-18-13-7-5-4-6-8-16-9-11-17(19-3)12-10-16/h4-5,9-12,15,18H,6-8,13-14H2,1-3H3. The Kier molecular flexibility index (Phi) is 7.99. The number of nitrogens with one attached hydrogen (secondary N) is 1. The highest BCUT2D eigenvalue weighted by Gasteiger charge is 1.93. The van der Waals surface area contributed by atoms with Gasteiger partial charge in [0.25, 0.3) is 0 Å². The van der Waals surface area contributed by atoms with Gasteiger partial charge in [-0.25, -0.2) is 0 Å². The first-order valence-electron chi connectivity index (χ1n) is 7.21. The molecule has 0 atom stereocenters. The maximum atomic E-state index is 5.15. The van der Waals surface area contributed by atoms with Gasteiger partial charge in [-0.3, -0.25) is 0 Å². The molecular weight excluding hydrogens is 234 g/mol. The Morgan fingerprint density at radius 1 is 1.11 bits per heavy atom. The number of ether oxygens (including phenoxy) is 1. The molecule has 0 aromatic heterocycles. The van der Waals surface area contributed by atoms with Crippen LogP contribution in [0.2, 0.25) is 0 Å². The average Bonchev–Trinajstić information content (AvgIpc) is 2.42. The summed E-state index contributed by atoms with van der Waals surface area (Å²) in [5.41, 5.74) is 1.36. The molecule has 0 unspecified atom stereocenters. The van der Waals surface area contributed by atoms with Crippen LogP contribution in [0.1, 0.15) is 32.3 Å². The van der Waals surface area contributed by atoms with Crippen molar-refractivity contribution < 1.29 is 4.74 Å². The molecule has 2 heteroatoms. The van der Waals surface area contributed by atoms with E-state index in [1.54, 1.807) is 7.11 Å². The molecule has 0 saturated carbocycles. The Morgan fingerprint density at radius 2 is 1.79 bits per heavy atom. The van der Waals surface area contributed by atoms with Gasteiger partial charge in [0.15, 0.2) is 0 Å². The van der Waals surface area contributed by atoms with E-state index in [1.165, 1.54) is 5.56 Å². The smallest absolute Gasteiger partial charge is 0.118 e. The summed E-state index contributed by atoms with van der Waals surface area (Å²) in [6.45, 7) is 6.66. The van der Waals surface area contributed by atoms with Crippen molar-refractivity contribution in [3.63, 3.8) is 0 Å². The third-order valence-corrected chi connectivity index (χ3v) is 2.97. The summed E-state index contributed by atoms with van der Waals surface area (Å²) in [4.78, 5) is 0. The Bertz CT molecular complexity index is 354. The number of aryl methyl sites for hydroxylation is 1. The molecule has 19 heavy (non-hydrogen) atoms. The van der Waals surface area contributed by atoms with Gasteiger partial charge in [0, 0.05) is 0 Å². The fourth-order valence-corrected chi connectivity index (χ4v) is 1.85. The van der Waals surface area contributed by atoms with Crippen molar-refractivity contribution in [1.29, 1.82) is 0 Å². The zero-order valence-corrected chi connectivity index (χ0v) is 12.5. The molecule has 1 aromatic rings. The second-order valence-corrected chi connectivity index (χ2v) is 5.24. The molecule has 0 radical (unpaired) electrons. The molecule has 106 valence electrons. The third-order valence-electron chi connectivity index (χ3n) is 2.97. The van der Waals surface area contributed by atoms with E-state index in [4.69, 9.17) is 4.74 Å². The minimum atomic E-state index is 0.735. The summed E-state index contributed by atoms with van der Waals surface area (Å²) in [7, 11) is 1.70. The van der Waals surface area contributed by atoms with Crippen LogP contribution in [0.15, 0.2) is 36.4 Å². The first-order valence-corrected chi connectivity index (χ1v) is 7.21. The van der Waals surface area contributed by atoms with E-state index in [0.717, 1.165) is 44.0 Å². The highest BCUT2D eigenvalue weighted by molar-refractivity contribution is 5.27. The summed E-state index contributed by atoms with van der Waals surface area (Å²) < 4.78 is 5.15. The molecule has 0 aliphatic heterocycles. The zero-order chi connectivity index (χ0) is 13.9. The lowest BCUT2D eigenvalue weighted by Crippen LogP contribution is -2.20. The Hall–Kier alpha value is -1.28. The number of rotatable bonds is 9. The van der Waals surface area contributed by atoms with Crippen molar-refractivity contribution in [3.05, 3.63) is 42.0 Å². The molecule has 0 aliphatic carbocycles. The highest BCUT2D eigenvalue weighted by atomic mass is 16.5. The van der Waals surface area contributed by atoms with Crippen molar-refractivity contribution in [1.82, 2.24) is 5.32 Å². The Morgan fingerprint density at radius 3 is 2.42 bits per heavy atom. The SMILES string of the molecule is COc1ccc(CCC=CCCNCC(C)C)cc1. The van der Waals surface area contributed by atoms with Crippen LogP contribution in [0, 0.1) is 5.92 Å². The minimum Gasteiger partial charge on any atom is -0.497 e. The molecule has 1 rings (SSSR count). The summed E-state index contributed by atoms with van der Waals surface area (Å²) in [5.74, 6) is 1.66. The normalized spacial score (nSPS) is 11.4. The van der Waals surface area contributed by atoms with Gasteiger partial charge in [0.1, 0.15) is 5.75 Å². The Labute approximate surface area is 117 Å². The first kappa shape index (κ1) is 15.8. The van der Waals surface area contributed by atoms with Crippen molar-refractivity contribution in [2.75, 3.05) is 20.2 Å². The summed E-state index contributed by atoms with van der Waals surface area (Å²) in [5, 5.41) is 3.44. The van der Waals surface area contributed by atoms with E-state index in [2.05, 4.69) is 43.4 Å². The van der Waals surface area contributed by atoms with Gasteiger partial charge in [0.05, 0.1) is 7.11 Å². The fraction of sp³-hybridized carbons (Fsp3) is 0.529. The van der Waals surface area contributed by atoms with E-state index in [-0.39, 0.29) is 0 Å². The van der Waals surface area contributed by atoms with Crippen molar-refractivity contribution in [3.8, 4) is 5.75 Å². The molecule has 1 N–H and O–H groups in total. The maximum Gasteiger partial charge on any atom is 0.118 e. The lowest BCUT2D eigenvalue weighted by Gasteiger charge is -2.04. The number of hydrogen-bond acceptors (Lipinski definition) is 2. The maximum absolute atomic E-state index is 5.15. The van der Waals surface area contributed by atoms with Crippen LogP contribution in [0.5, 0.6) is 5.75 Å². The van der Waals surface area contributed by atoms with E-state index >= 15 is 0 Å². The van der Waals surface area contributed by atoms with E-state index in [1.807, 2.05) is 12.1 Å². The quantitative estimate of drug-likeness (QED) is 0.539. The Balaban J connectivity index is 2.08. The van der Waals surface area contributed by atoms with Crippen molar-refractivity contribution >= 4 is 0 Å². The van der Waals surface area contributed by atoms with Crippen LogP contribution in [0.3, 0.4) is 0 Å². The molecule has 0 bridgehead atoms. The number of hydrogen-bond donors (Lipinski definition) is 1. The second-order valence-electron chi connectivity index (χ2n) is 5.24. The molecular formula is C17H27NO. The molecule has 0 spiro atoms. The average molecular weight is 261 g/mol. The van der Waals surface area contributed by atoms with E-state index < -0.39 is 0 Å². The number of benzene rings is 1. The number of allylic oxidation sites excluding steroid dienone is 1. The van der Waals surface area contributed by atoms with Crippen LogP contribution in [0.25, 0.3) is 0 Å². The molecule has 0 saturated heterocycles. The molecule has 0 amide bonds. The molecule has 0 aliphatic rings. The van der Waals surface area contributed by atoms with Gasteiger partial charge in [-0.2, -0.15) is 0 Å². The van der Waals surface area contributed by atoms with Crippen LogP contribution >= 0.6 is 0 Å². The van der Waals surface area contributed by atoms with Gasteiger partial charge in [0.2, 0.25) is 0 Å². The first-order chi connectivity index (χ1) is 9.22.